The Morgan fingerprint density at radius 3 is 2.50 bits per heavy atom. The molecule has 0 saturated carbocycles. The molecular formula is C25H18N2O. The molecule has 1 aliphatic rings. The zero-order chi connectivity index (χ0) is 18.9. The molecule has 134 valence electrons. The third-order valence-electron chi connectivity index (χ3n) is 6.01. The van der Waals surface area contributed by atoms with E-state index in [0.29, 0.717) is 0 Å². The second-order valence-electron chi connectivity index (χ2n) is 7.93. The molecule has 3 heteroatoms. The number of rotatable bonds is 1. The Balaban J connectivity index is 1.61. The largest absolute Gasteiger partial charge is 0.452 e. The van der Waals surface area contributed by atoms with Gasteiger partial charge in [0.25, 0.3) is 0 Å². The summed E-state index contributed by atoms with van der Waals surface area (Å²) in [5.41, 5.74) is 9.65. The Morgan fingerprint density at radius 1 is 0.786 bits per heavy atom. The number of hydrogen-bond acceptors (Lipinski definition) is 3. The minimum absolute atomic E-state index is 0.0397. The van der Waals surface area contributed by atoms with Gasteiger partial charge in [-0.2, -0.15) is 0 Å². The van der Waals surface area contributed by atoms with Crippen molar-refractivity contribution in [3.8, 4) is 22.4 Å². The Bertz CT molecular complexity index is 1390. The van der Waals surface area contributed by atoms with E-state index in [4.69, 9.17) is 4.42 Å². The Labute approximate surface area is 162 Å². The van der Waals surface area contributed by atoms with Gasteiger partial charge in [0, 0.05) is 16.4 Å². The molecule has 0 saturated heterocycles. The van der Waals surface area contributed by atoms with E-state index in [1.54, 1.807) is 6.33 Å². The highest BCUT2D eigenvalue weighted by atomic mass is 16.3. The Hall–Kier alpha value is -3.46. The van der Waals surface area contributed by atoms with Crippen molar-refractivity contribution in [2.24, 2.45) is 0 Å². The standard InChI is InChI=1S/C25H18N2O/c1-25(2)19-9-5-3-7-16(19)17-12-11-15(13-20(17)25)22-24-23(27-14-26-22)18-8-4-6-10-21(18)28-24/h3-14H,1-2H3. The number of nitrogens with zero attached hydrogens (tertiary/aromatic N) is 2. The number of furan rings is 1. The average Bonchev–Trinajstić information content (AvgIpc) is 3.22. The smallest absolute Gasteiger partial charge is 0.180 e. The minimum Gasteiger partial charge on any atom is -0.452 e. The molecule has 0 N–H and O–H groups in total. The van der Waals surface area contributed by atoms with Crippen molar-refractivity contribution in [1.29, 1.82) is 0 Å². The number of hydrogen-bond donors (Lipinski definition) is 0. The van der Waals surface area contributed by atoms with E-state index < -0.39 is 0 Å². The van der Waals surface area contributed by atoms with Crippen LogP contribution in [0.2, 0.25) is 0 Å². The molecule has 0 unspecified atom stereocenters. The average molecular weight is 362 g/mol. The molecule has 3 nitrogen and oxygen atoms in total. The highest BCUT2D eigenvalue weighted by molar-refractivity contribution is 6.06. The fraction of sp³-hybridized carbons (Fsp3) is 0.120. The summed E-state index contributed by atoms with van der Waals surface area (Å²) in [5.74, 6) is 0. The van der Waals surface area contributed by atoms with Gasteiger partial charge in [0.05, 0.1) is 0 Å². The van der Waals surface area contributed by atoms with Gasteiger partial charge in [0.1, 0.15) is 23.1 Å². The monoisotopic (exact) mass is 362 g/mol. The predicted octanol–water partition coefficient (Wildman–Crippen LogP) is 6.35. The van der Waals surface area contributed by atoms with Crippen LogP contribution >= 0.6 is 0 Å². The second-order valence-corrected chi connectivity index (χ2v) is 7.93. The normalized spacial score (nSPS) is 14.4. The van der Waals surface area contributed by atoms with Crippen molar-refractivity contribution in [2.45, 2.75) is 19.3 Å². The summed E-state index contributed by atoms with van der Waals surface area (Å²) in [5, 5.41) is 1.02. The van der Waals surface area contributed by atoms with Crippen molar-refractivity contribution in [3.63, 3.8) is 0 Å². The quantitative estimate of drug-likeness (QED) is 0.349. The van der Waals surface area contributed by atoms with Crippen LogP contribution in [0.1, 0.15) is 25.0 Å². The first-order chi connectivity index (χ1) is 13.6. The summed E-state index contributed by atoms with van der Waals surface area (Å²) < 4.78 is 6.15. The first kappa shape index (κ1) is 15.6. The molecule has 0 aliphatic heterocycles. The first-order valence-electron chi connectivity index (χ1n) is 9.51. The number of benzene rings is 3. The fourth-order valence-corrected chi connectivity index (χ4v) is 4.58. The lowest BCUT2D eigenvalue weighted by Crippen LogP contribution is -2.14. The Kier molecular flexibility index (Phi) is 2.95. The maximum atomic E-state index is 6.15. The number of para-hydroxylation sites is 1. The summed E-state index contributed by atoms with van der Waals surface area (Å²) >= 11 is 0. The van der Waals surface area contributed by atoms with Crippen LogP contribution in [0.25, 0.3) is 44.5 Å². The molecule has 1 aliphatic carbocycles. The van der Waals surface area contributed by atoms with Crippen LogP contribution in [0.5, 0.6) is 0 Å². The van der Waals surface area contributed by atoms with E-state index >= 15 is 0 Å². The van der Waals surface area contributed by atoms with Crippen molar-refractivity contribution < 1.29 is 4.42 Å². The van der Waals surface area contributed by atoms with Crippen molar-refractivity contribution in [3.05, 3.63) is 84.2 Å². The molecule has 0 radical (unpaired) electrons. The van der Waals surface area contributed by atoms with E-state index in [0.717, 1.165) is 33.3 Å². The predicted molar refractivity (Wildman–Crippen MR) is 112 cm³/mol. The van der Waals surface area contributed by atoms with Crippen LogP contribution in [0.15, 0.2) is 77.5 Å². The second kappa shape index (κ2) is 5.29. The molecule has 0 spiro atoms. The van der Waals surface area contributed by atoms with Crippen LogP contribution in [-0.4, -0.2) is 9.97 Å². The van der Waals surface area contributed by atoms with E-state index in [1.807, 2.05) is 24.3 Å². The van der Waals surface area contributed by atoms with E-state index in [-0.39, 0.29) is 5.41 Å². The lowest BCUT2D eigenvalue weighted by molar-refractivity contribution is 0.659. The van der Waals surface area contributed by atoms with Gasteiger partial charge in [0.15, 0.2) is 5.58 Å². The highest BCUT2D eigenvalue weighted by Crippen LogP contribution is 2.49. The zero-order valence-electron chi connectivity index (χ0n) is 15.7. The molecule has 0 amide bonds. The fourth-order valence-electron chi connectivity index (χ4n) is 4.58. The minimum atomic E-state index is -0.0397. The summed E-state index contributed by atoms with van der Waals surface area (Å²) in [6, 6.07) is 23.3. The molecular weight excluding hydrogens is 344 g/mol. The lowest BCUT2D eigenvalue weighted by atomic mass is 9.82. The molecule has 2 heterocycles. The molecule has 2 aromatic heterocycles. The Morgan fingerprint density at radius 2 is 1.57 bits per heavy atom. The van der Waals surface area contributed by atoms with Gasteiger partial charge < -0.3 is 4.42 Å². The zero-order valence-corrected chi connectivity index (χ0v) is 15.7. The molecule has 0 fully saturated rings. The van der Waals surface area contributed by atoms with Crippen LogP contribution in [-0.2, 0) is 5.41 Å². The van der Waals surface area contributed by atoms with Gasteiger partial charge in [0.2, 0.25) is 0 Å². The van der Waals surface area contributed by atoms with Crippen molar-refractivity contribution >= 4 is 22.1 Å². The molecule has 5 aromatic rings. The third kappa shape index (κ3) is 1.93. The van der Waals surface area contributed by atoms with E-state index in [2.05, 4.69) is 66.3 Å². The lowest BCUT2D eigenvalue weighted by Gasteiger charge is -2.21. The summed E-state index contributed by atoms with van der Waals surface area (Å²) in [6.07, 6.45) is 1.63. The van der Waals surface area contributed by atoms with Crippen LogP contribution in [0, 0.1) is 0 Å². The van der Waals surface area contributed by atoms with Gasteiger partial charge >= 0.3 is 0 Å². The van der Waals surface area contributed by atoms with E-state index in [9.17, 15) is 0 Å². The SMILES string of the molecule is CC1(C)c2ccccc2-c2ccc(-c3ncnc4c3oc3ccccc34)cc21. The molecule has 28 heavy (non-hydrogen) atoms. The highest BCUT2D eigenvalue weighted by Gasteiger charge is 2.35. The molecule has 0 bridgehead atoms. The third-order valence-corrected chi connectivity index (χ3v) is 6.01. The van der Waals surface area contributed by atoms with Gasteiger partial charge in [-0.3, -0.25) is 0 Å². The topological polar surface area (TPSA) is 38.9 Å². The van der Waals surface area contributed by atoms with Gasteiger partial charge in [-0.25, -0.2) is 9.97 Å². The van der Waals surface area contributed by atoms with Crippen molar-refractivity contribution in [1.82, 2.24) is 9.97 Å². The first-order valence-corrected chi connectivity index (χ1v) is 9.51. The summed E-state index contributed by atoms with van der Waals surface area (Å²) in [6.45, 7) is 4.58. The van der Waals surface area contributed by atoms with Crippen molar-refractivity contribution in [2.75, 3.05) is 0 Å². The maximum Gasteiger partial charge on any atom is 0.180 e. The summed E-state index contributed by atoms with van der Waals surface area (Å²) in [7, 11) is 0. The number of fused-ring (bicyclic) bond motifs is 6. The molecule has 0 atom stereocenters. The summed E-state index contributed by atoms with van der Waals surface area (Å²) in [4.78, 5) is 9.07. The van der Waals surface area contributed by atoms with E-state index in [1.165, 1.54) is 22.3 Å². The van der Waals surface area contributed by atoms with Crippen LogP contribution in [0.3, 0.4) is 0 Å². The molecule has 6 rings (SSSR count). The van der Waals surface area contributed by atoms with Gasteiger partial charge in [-0.15, -0.1) is 0 Å². The van der Waals surface area contributed by atoms with Crippen LogP contribution in [0.4, 0.5) is 0 Å². The van der Waals surface area contributed by atoms with Gasteiger partial charge in [-0.1, -0.05) is 62.4 Å². The number of aromatic nitrogens is 2. The molecule has 3 aromatic carbocycles. The maximum absolute atomic E-state index is 6.15. The van der Waals surface area contributed by atoms with Gasteiger partial charge in [-0.05, 0) is 40.5 Å². The van der Waals surface area contributed by atoms with Crippen LogP contribution < -0.4 is 0 Å².